The van der Waals surface area contributed by atoms with Gasteiger partial charge in [0.2, 0.25) is 5.91 Å². The van der Waals surface area contributed by atoms with Gasteiger partial charge in [-0.3, -0.25) is 4.79 Å². The third kappa shape index (κ3) is 3.35. The average Bonchev–Trinajstić information content (AvgIpc) is 2.35. The smallest absolute Gasteiger partial charge is 0.237 e. The van der Waals surface area contributed by atoms with E-state index in [2.05, 4.69) is 18.3 Å². The Bertz CT molecular complexity index is 350. The van der Waals surface area contributed by atoms with Crippen LogP contribution in [0.2, 0.25) is 0 Å². The van der Waals surface area contributed by atoms with E-state index in [4.69, 9.17) is 5.73 Å². The van der Waals surface area contributed by atoms with Crippen molar-refractivity contribution in [2.45, 2.75) is 39.3 Å². The summed E-state index contributed by atoms with van der Waals surface area (Å²) in [5, 5.41) is 2.86. The minimum absolute atomic E-state index is 0.0755. The first-order valence-corrected chi connectivity index (χ1v) is 5.79. The predicted octanol–water partition coefficient (Wildman–Crippen LogP) is 1.60. The predicted molar refractivity (Wildman–Crippen MR) is 65.9 cm³/mol. The molecule has 1 atom stereocenters. The molecule has 0 aliphatic carbocycles. The molecule has 0 heterocycles. The average molecular weight is 220 g/mol. The second kappa shape index (κ2) is 6.28. The highest BCUT2D eigenvalue weighted by Gasteiger charge is 2.10. The third-order valence-electron chi connectivity index (χ3n) is 2.73. The topological polar surface area (TPSA) is 55.1 Å². The number of hydrogen-bond donors (Lipinski definition) is 2. The van der Waals surface area contributed by atoms with Gasteiger partial charge in [-0.25, -0.2) is 0 Å². The van der Waals surface area contributed by atoms with Gasteiger partial charge in [-0.1, -0.05) is 38.1 Å². The maximum absolute atomic E-state index is 11.5. The van der Waals surface area contributed by atoms with Crippen LogP contribution in [0.15, 0.2) is 24.3 Å². The highest BCUT2D eigenvalue weighted by atomic mass is 16.2. The van der Waals surface area contributed by atoms with Crippen LogP contribution in [0.25, 0.3) is 0 Å². The van der Waals surface area contributed by atoms with Gasteiger partial charge >= 0.3 is 0 Å². The summed E-state index contributed by atoms with van der Waals surface area (Å²) >= 11 is 0. The quantitative estimate of drug-likeness (QED) is 0.792. The lowest BCUT2D eigenvalue weighted by atomic mass is 10.1. The fourth-order valence-corrected chi connectivity index (χ4v) is 1.57. The maximum Gasteiger partial charge on any atom is 0.237 e. The van der Waals surface area contributed by atoms with E-state index in [0.29, 0.717) is 13.0 Å². The molecular formula is C13H20N2O. The van der Waals surface area contributed by atoms with Crippen LogP contribution in [0.4, 0.5) is 0 Å². The lowest BCUT2D eigenvalue weighted by Gasteiger charge is -2.12. The van der Waals surface area contributed by atoms with Crippen molar-refractivity contribution in [2.75, 3.05) is 0 Å². The molecule has 3 nitrogen and oxygen atoms in total. The zero-order chi connectivity index (χ0) is 12.0. The molecule has 0 radical (unpaired) electrons. The van der Waals surface area contributed by atoms with Gasteiger partial charge in [-0.2, -0.15) is 0 Å². The molecule has 0 saturated heterocycles. The number of carbonyl (C=O) groups is 1. The molecule has 0 aromatic heterocycles. The Morgan fingerprint density at radius 1 is 1.31 bits per heavy atom. The Morgan fingerprint density at radius 3 is 2.50 bits per heavy atom. The third-order valence-corrected chi connectivity index (χ3v) is 2.73. The van der Waals surface area contributed by atoms with Crippen LogP contribution in [0.3, 0.4) is 0 Å². The standard InChI is InChI=1S/C13H20N2O/c1-3-10-7-5-6-8-11(10)9-15-13(16)12(14)4-2/h5-8,12H,3-4,9,14H2,1-2H3,(H,15,16)/t12-/m1/s1. The lowest BCUT2D eigenvalue weighted by molar-refractivity contribution is -0.122. The van der Waals surface area contributed by atoms with Crippen molar-refractivity contribution < 1.29 is 4.79 Å². The number of nitrogens with one attached hydrogen (secondary N) is 1. The lowest BCUT2D eigenvalue weighted by Crippen LogP contribution is -2.39. The molecule has 0 fully saturated rings. The first-order valence-electron chi connectivity index (χ1n) is 5.79. The van der Waals surface area contributed by atoms with Crippen molar-refractivity contribution >= 4 is 5.91 Å². The highest BCUT2D eigenvalue weighted by Crippen LogP contribution is 2.08. The number of nitrogens with two attached hydrogens (primary N) is 1. The van der Waals surface area contributed by atoms with E-state index in [1.165, 1.54) is 11.1 Å². The van der Waals surface area contributed by atoms with Gasteiger partial charge in [0, 0.05) is 6.54 Å². The van der Waals surface area contributed by atoms with Crippen LogP contribution in [-0.4, -0.2) is 11.9 Å². The molecule has 0 bridgehead atoms. The number of rotatable bonds is 5. The minimum atomic E-state index is -0.395. The monoisotopic (exact) mass is 220 g/mol. The van der Waals surface area contributed by atoms with Crippen LogP contribution in [0.1, 0.15) is 31.4 Å². The van der Waals surface area contributed by atoms with Crippen molar-refractivity contribution in [1.82, 2.24) is 5.32 Å². The first kappa shape index (κ1) is 12.7. The number of hydrogen-bond acceptors (Lipinski definition) is 2. The van der Waals surface area contributed by atoms with Gasteiger partial charge in [0.15, 0.2) is 0 Å². The fourth-order valence-electron chi connectivity index (χ4n) is 1.57. The summed E-state index contributed by atoms with van der Waals surface area (Å²) < 4.78 is 0. The molecule has 16 heavy (non-hydrogen) atoms. The molecule has 0 aliphatic rings. The van der Waals surface area contributed by atoms with Gasteiger partial charge in [0.05, 0.1) is 6.04 Å². The zero-order valence-electron chi connectivity index (χ0n) is 9.99. The highest BCUT2D eigenvalue weighted by molar-refractivity contribution is 5.81. The molecule has 0 aliphatic heterocycles. The summed E-state index contributed by atoms with van der Waals surface area (Å²) in [6.07, 6.45) is 1.65. The van der Waals surface area contributed by atoms with Crippen LogP contribution >= 0.6 is 0 Å². The van der Waals surface area contributed by atoms with Crippen LogP contribution in [-0.2, 0) is 17.8 Å². The Kier molecular flexibility index (Phi) is 4.99. The summed E-state index contributed by atoms with van der Waals surface area (Å²) in [6.45, 7) is 4.58. The van der Waals surface area contributed by atoms with Gasteiger partial charge in [0.1, 0.15) is 0 Å². The normalized spacial score (nSPS) is 12.2. The Labute approximate surface area is 97.0 Å². The van der Waals surface area contributed by atoms with Crippen molar-refractivity contribution in [3.05, 3.63) is 35.4 Å². The fraction of sp³-hybridized carbons (Fsp3) is 0.462. The molecule has 0 spiro atoms. The molecule has 3 heteroatoms. The molecule has 1 rings (SSSR count). The second-order valence-corrected chi connectivity index (χ2v) is 3.85. The Balaban J connectivity index is 2.57. The van der Waals surface area contributed by atoms with Crippen LogP contribution < -0.4 is 11.1 Å². The summed E-state index contributed by atoms with van der Waals surface area (Å²) in [6, 6.07) is 7.73. The molecule has 0 saturated carbocycles. The number of amides is 1. The van der Waals surface area contributed by atoms with Crippen LogP contribution in [0.5, 0.6) is 0 Å². The van der Waals surface area contributed by atoms with Crippen LogP contribution in [0, 0.1) is 0 Å². The van der Waals surface area contributed by atoms with Crippen molar-refractivity contribution in [3.63, 3.8) is 0 Å². The van der Waals surface area contributed by atoms with Crippen molar-refractivity contribution in [3.8, 4) is 0 Å². The summed E-state index contributed by atoms with van der Waals surface area (Å²) in [5.74, 6) is -0.0755. The SMILES string of the molecule is CCc1ccccc1CNC(=O)[C@H](N)CC. The summed E-state index contributed by atoms with van der Waals surface area (Å²) in [7, 11) is 0. The maximum atomic E-state index is 11.5. The number of benzene rings is 1. The number of carbonyl (C=O) groups excluding carboxylic acids is 1. The van der Waals surface area contributed by atoms with E-state index in [9.17, 15) is 4.79 Å². The molecule has 3 N–H and O–H groups in total. The van der Waals surface area contributed by atoms with E-state index in [0.717, 1.165) is 6.42 Å². The van der Waals surface area contributed by atoms with Crippen molar-refractivity contribution in [2.24, 2.45) is 5.73 Å². The summed E-state index contributed by atoms with van der Waals surface area (Å²) in [4.78, 5) is 11.5. The Hall–Kier alpha value is -1.35. The molecule has 1 amide bonds. The molecule has 1 aromatic carbocycles. The largest absolute Gasteiger partial charge is 0.351 e. The zero-order valence-corrected chi connectivity index (χ0v) is 9.99. The van der Waals surface area contributed by atoms with E-state index >= 15 is 0 Å². The van der Waals surface area contributed by atoms with E-state index < -0.39 is 6.04 Å². The van der Waals surface area contributed by atoms with E-state index in [1.807, 2.05) is 25.1 Å². The van der Waals surface area contributed by atoms with Crippen molar-refractivity contribution in [1.29, 1.82) is 0 Å². The minimum Gasteiger partial charge on any atom is -0.351 e. The van der Waals surface area contributed by atoms with Gasteiger partial charge in [-0.05, 0) is 24.0 Å². The van der Waals surface area contributed by atoms with Gasteiger partial charge < -0.3 is 11.1 Å². The molecular weight excluding hydrogens is 200 g/mol. The Morgan fingerprint density at radius 2 is 1.94 bits per heavy atom. The van der Waals surface area contributed by atoms with E-state index in [-0.39, 0.29) is 5.91 Å². The van der Waals surface area contributed by atoms with Gasteiger partial charge in [-0.15, -0.1) is 0 Å². The van der Waals surface area contributed by atoms with E-state index in [1.54, 1.807) is 0 Å². The second-order valence-electron chi connectivity index (χ2n) is 3.85. The van der Waals surface area contributed by atoms with Gasteiger partial charge in [0.25, 0.3) is 0 Å². The molecule has 1 aromatic rings. The summed E-state index contributed by atoms with van der Waals surface area (Å²) in [5.41, 5.74) is 8.08. The first-order chi connectivity index (χ1) is 7.69. The number of aryl methyl sites for hydroxylation is 1. The molecule has 0 unspecified atom stereocenters. The molecule has 88 valence electrons.